The Kier molecular flexibility index (Phi) is 7.38. The Bertz CT molecular complexity index is 1040. The number of halogens is 1. The molecule has 6 heteroatoms. The number of carbonyl (C=O) groups excluding carboxylic acids is 2. The van der Waals surface area contributed by atoms with Crippen molar-refractivity contribution in [3.8, 4) is 5.75 Å². The van der Waals surface area contributed by atoms with E-state index in [-0.39, 0.29) is 18.2 Å². The molecule has 2 amide bonds. The van der Waals surface area contributed by atoms with E-state index in [0.29, 0.717) is 11.3 Å². The van der Waals surface area contributed by atoms with E-state index in [9.17, 15) is 14.0 Å². The van der Waals surface area contributed by atoms with Crippen molar-refractivity contribution in [1.29, 1.82) is 0 Å². The molecule has 5 nitrogen and oxygen atoms in total. The van der Waals surface area contributed by atoms with Gasteiger partial charge in [-0.2, -0.15) is 0 Å². The van der Waals surface area contributed by atoms with Crippen LogP contribution in [0.2, 0.25) is 0 Å². The van der Waals surface area contributed by atoms with E-state index in [4.69, 9.17) is 4.74 Å². The summed E-state index contributed by atoms with van der Waals surface area (Å²) in [5.74, 6) is -0.764. The van der Waals surface area contributed by atoms with Gasteiger partial charge < -0.3 is 15.4 Å². The molecule has 2 N–H and O–H groups in total. The molecule has 0 saturated carbocycles. The van der Waals surface area contributed by atoms with Gasteiger partial charge in [-0.05, 0) is 60.4 Å². The summed E-state index contributed by atoms with van der Waals surface area (Å²) in [6.45, 7) is 3.83. The molecule has 0 bridgehead atoms. The van der Waals surface area contributed by atoms with Gasteiger partial charge in [0.05, 0.1) is 5.69 Å². The molecule has 0 aromatic heterocycles. The molecular weight excluding hydrogens is 395 g/mol. The van der Waals surface area contributed by atoms with Gasteiger partial charge in [0.2, 0.25) is 0 Å². The van der Waals surface area contributed by atoms with Gasteiger partial charge in [0.1, 0.15) is 11.6 Å². The number of aryl methyl sites for hydroxylation is 2. The number of ether oxygens (including phenoxy) is 1. The third-order valence-electron chi connectivity index (χ3n) is 4.87. The van der Waals surface area contributed by atoms with Crippen LogP contribution in [0.4, 0.5) is 15.8 Å². The van der Waals surface area contributed by atoms with E-state index >= 15 is 0 Å². The molecule has 0 atom stereocenters. The molecule has 160 valence electrons. The first-order chi connectivity index (χ1) is 15.0. The quantitative estimate of drug-likeness (QED) is 0.525. The van der Waals surface area contributed by atoms with Crippen molar-refractivity contribution >= 4 is 23.2 Å². The molecule has 0 aliphatic rings. The Hall–Kier alpha value is -3.67. The van der Waals surface area contributed by atoms with Gasteiger partial charge >= 0.3 is 0 Å². The van der Waals surface area contributed by atoms with Crippen LogP contribution in [0.3, 0.4) is 0 Å². The highest BCUT2D eigenvalue weighted by molar-refractivity contribution is 6.05. The molecule has 0 saturated heterocycles. The average Bonchev–Trinajstić information content (AvgIpc) is 2.79. The maximum absolute atomic E-state index is 13.6. The van der Waals surface area contributed by atoms with Gasteiger partial charge in [0, 0.05) is 11.3 Å². The summed E-state index contributed by atoms with van der Waals surface area (Å²) < 4.78 is 19.0. The normalized spacial score (nSPS) is 10.4. The first-order valence-electron chi connectivity index (χ1n) is 10.2. The monoisotopic (exact) mass is 420 g/mol. The molecule has 3 aromatic rings. The summed E-state index contributed by atoms with van der Waals surface area (Å²) in [5.41, 5.74) is 3.63. The molecule has 31 heavy (non-hydrogen) atoms. The highest BCUT2D eigenvalue weighted by Crippen LogP contribution is 2.24. The molecular formula is C25H25FN2O3. The first kappa shape index (κ1) is 22.0. The topological polar surface area (TPSA) is 67.4 Å². The SMILES string of the molecule is CCc1cccc(CC)c1NC(=O)c1ccc(OCC(=O)Nc2ccccc2F)cc1. The zero-order valence-corrected chi connectivity index (χ0v) is 17.6. The Morgan fingerprint density at radius 2 is 1.48 bits per heavy atom. The first-order valence-corrected chi connectivity index (χ1v) is 10.2. The summed E-state index contributed by atoms with van der Waals surface area (Å²) >= 11 is 0. The lowest BCUT2D eigenvalue weighted by Gasteiger charge is -2.14. The van der Waals surface area contributed by atoms with Gasteiger partial charge in [-0.25, -0.2) is 4.39 Å². The Morgan fingerprint density at radius 3 is 2.10 bits per heavy atom. The fourth-order valence-corrected chi connectivity index (χ4v) is 3.19. The number of hydrogen-bond donors (Lipinski definition) is 2. The number of amides is 2. The van der Waals surface area contributed by atoms with Crippen LogP contribution in [0.5, 0.6) is 5.75 Å². The van der Waals surface area contributed by atoms with Crippen molar-refractivity contribution in [3.63, 3.8) is 0 Å². The highest BCUT2D eigenvalue weighted by Gasteiger charge is 2.12. The molecule has 0 radical (unpaired) electrons. The molecule has 0 fully saturated rings. The average molecular weight is 420 g/mol. The Balaban J connectivity index is 1.59. The Labute approximate surface area is 181 Å². The molecule has 0 unspecified atom stereocenters. The number of rotatable bonds is 8. The van der Waals surface area contributed by atoms with Crippen LogP contribution in [-0.2, 0) is 17.6 Å². The van der Waals surface area contributed by atoms with Gasteiger partial charge in [0.25, 0.3) is 11.8 Å². The second-order valence-corrected chi connectivity index (χ2v) is 6.95. The van der Waals surface area contributed by atoms with Crippen molar-refractivity contribution in [2.45, 2.75) is 26.7 Å². The summed E-state index contributed by atoms with van der Waals surface area (Å²) in [5, 5.41) is 5.48. The molecule has 0 aliphatic carbocycles. The molecule has 0 spiro atoms. The standard InChI is InChI=1S/C25H25FN2O3/c1-3-17-8-7-9-18(4-2)24(17)28-25(30)19-12-14-20(15-13-19)31-16-23(29)27-22-11-6-5-10-21(22)26/h5-15H,3-4,16H2,1-2H3,(H,27,29)(H,28,30). The summed E-state index contributed by atoms with van der Waals surface area (Å²) in [7, 11) is 0. The van der Waals surface area contributed by atoms with Gasteiger partial charge in [-0.1, -0.05) is 44.2 Å². The second kappa shape index (κ2) is 10.4. The molecule has 0 heterocycles. The van der Waals surface area contributed by atoms with Crippen LogP contribution in [0.15, 0.2) is 66.7 Å². The molecule has 0 aliphatic heterocycles. The van der Waals surface area contributed by atoms with E-state index in [1.165, 1.54) is 12.1 Å². The van der Waals surface area contributed by atoms with Crippen LogP contribution >= 0.6 is 0 Å². The van der Waals surface area contributed by atoms with Crippen molar-refractivity contribution in [1.82, 2.24) is 0 Å². The minimum absolute atomic E-state index is 0.0990. The minimum Gasteiger partial charge on any atom is -0.484 e. The van der Waals surface area contributed by atoms with Crippen molar-refractivity contribution < 1.29 is 18.7 Å². The van der Waals surface area contributed by atoms with E-state index in [0.717, 1.165) is 29.7 Å². The van der Waals surface area contributed by atoms with Crippen molar-refractivity contribution in [3.05, 3.63) is 89.2 Å². The number of hydrogen-bond acceptors (Lipinski definition) is 3. The fraction of sp³-hybridized carbons (Fsp3) is 0.200. The van der Waals surface area contributed by atoms with Crippen molar-refractivity contribution in [2.24, 2.45) is 0 Å². The maximum Gasteiger partial charge on any atom is 0.262 e. The zero-order valence-electron chi connectivity index (χ0n) is 17.6. The van der Waals surface area contributed by atoms with Crippen LogP contribution in [0.25, 0.3) is 0 Å². The third kappa shape index (κ3) is 5.69. The lowest BCUT2D eigenvalue weighted by atomic mass is 10.0. The number of nitrogens with one attached hydrogen (secondary N) is 2. The zero-order chi connectivity index (χ0) is 22.2. The largest absolute Gasteiger partial charge is 0.484 e. The van der Waals surface area contributed by atoms with Crippen LogP contribution in [0, 0.1) is 5.82 Å². The number of benzene rings is 3. The van der Waals surface area contributed by atoms with Crippen molar-refractivity contribution in [2.75, 3.05) is 17.2 Å². The third-order valence-corrected chi connectivity index (χ3v) is 4.87. The van der Waals surface area contributed by atoms with E-state index in [1.54, 1.807) is 36.4 Å². The minimum atomic E-state index is -0.512. The van der Waals surface area contributed by atoms with Crippen LogP contribution in [-0.4, -0.2) is 18.4 Å². The maximum atomic E-state index is 13.6. The smallest absolute Gasteiger partial charge is 0.262 e. The lowest BCUT2D eigenvalue weighted by molar-refractivity contribution is -0.118. The number of anilines is 2. The summed E-state index contributed by atoms with van der Waals surface area (Å²) in [4.78, 5) is 24.7. The van der Waals surface area contributed by atoms with Gasteiger partial charge in [0.15, 0.2) is 6.61 Å². The van der Waals surface area contributed by atoms with Crippen LogP contribution < -0.4 is 15.4 Å². The highest BCUT2D eigenvalue weighted by atomic mass is 19.1. The van der Waals surface area contributed by atoms with Crippen LogP contribution in [0.1, 0.15) is 35.3 Å². The summed E-state index contributed by atoms with van der Waals surface area (Å²) in [6.07, 6.45) is 1.65. The predicted octanol–water partition coefficient (Wildman–Crippen LogP) is 5.22. The summed E-state index contributed by atoms with van der Waals surface area (Å²) in [6, 6.07) is 18.5. The predicted molar refractivity (Wildman–Crippen MR) is 120 cm³/mol. The Morgan fingerprint density at radius 1 is 0.839 bits per heavy atom. The molecule has 3 rings (SSSR count). The fourth-order valence-electron chi connectivity index (χ4n) is 3.19. The second-order valence-electron chi connectivity index (χ2n) is 6.95. The lowest BCUT2D eigenvalue weighted by Crippen LogP contribution is -2.20. The van der Waals surface area contributed by atoms with Gasteiger partial charge in [-0.15, -0.1) is 0 Å². The van der Waals surface area contributed by atoms with E-state index in [1.807, 2.05) is 18.2 Å². The van der Waals surface area contributed by atoms with E-state index in [2.05, 4.69) is 24.5 Å². The molecule has 3 aromatic carbocycles. The van der Waals surface area contributed by atoms with Gasteiger partial charge in [-0.3, -0.25) is 9.59 Å². The number of carbonyl (C=O) groups is 2. The van der Waals surface area contributed by atoms with E-state index < -0.39 is 11.7 Å². The number of para-hydroxylation sites is 2.